The fourth-order valence-corrected chi connectivity index (χ4v) is 6.86. The summed E-state index contributed by atoms with van der Waals surface area (Å²) in [5.74, 6) is -0.192. The molecule has 0 radical (unpaired) electrons. The number of esters is 1. The highest BCUT2D eigenvalue weighted by molar-refractivity contribution is 5.69. The Morgan fingerprint density at radius 2 is 0.688 bits per heavy atom. The number of carbonyl (C=O) groups excluding carboxylic acids is 1. The van der Waals surface area contributed by atoms with E-state index in [-0.39, 0.29) is 12.6 Å². The molecule has 0 heterocycles. The van der Waals surface area contributed by atoms with Crippen LogP contribution in [0.3, 0.4) is 0 Å². The average Bonchev–Trinajstić information content (AvgIpc) is 3.09. The maximum absolute atomic E-state index is 12.2. The van der Waals surface area contributed by atoms with Crippen molar-refractivity contribution in [2.75, 3.05) is 19.8 Å². The summed E-state index contributed by atoms with van der Waals surface area (Å²) in [6, 6.07) is 0. The Morgan fingerprint density at radius 1 is 0.417 bits per heavy atom. The minimum Gasteiger partial charge on any atom is -0.457 e. The molecule has 0 aromatic heterocycles. The van der Waals surface area contributed by atoms with Gasteiger partial charge in [-0.2, -0.15) is 0 Å². The van der Waals surface area contributed by atoms with Gasteiger partial charge in [0.05, 0.1) is 13.2 Å². The van der Waals surface area contributed by atoms with Gasteiger partial charge in [0.25, 0.3) is 0 Å². The molecule has 288 valence electrons. The van der Waals surface area contributed by atoms with Gasteiger partial charge in [-0.1, -0.05) is 232 Å². The second kappa shape index (κ2) is 42.6. The first kappa shape index (κ1) is 47.4. The number of hydrogen-bond acceptors (Lipinski definition) is 4. The average molecular weight is 681 g/mol. The number of unbranched alkanes of at least 4 members (excludes halogenated alkanes) is 34. The summed E-state index contributed by atoms with van der Waals surface area (Å²) >= 11 is 0. The third kappa shape index (κ3) is 39.8. The van der Waals surface area contributed by atoms with E-state index in [0.717, 1.165) is 19.3 Å². The molecule has 4 nitrogen and oxygen atoms in total. The monoisotopic (exact) mass is 681 g/mol. The fraction of sp³-hybridized carbons (Fsp3) is 0.977. The van der Waals surface area contributed by atoms with Crippen LogP contribution in [-0.2, 0) is 14.3 Å². The summed E-state index contributed by atoms with van der Waals surface area (Å²) in [5, 5.41) is 9.60. The minimum absolute atomic E-state index is 0.163. The summed E-state index contributed by atoms with van der Waals surface area (Å²) < 4.78 is 11.2. The van der Waals surface area contributed by atoms with E-state index in [9.17, 15) is 9.90 Å². The molecule has 0 spiro atoms. The normalized spacial score (nSPS) is 12.1. The maximum Gasteiger partial charge on any atom is 0.306 e. The Balaban J connectivity index is 3.35. The molecule has 0 saturated heterocycles. The SMILES string of the molecule is CCCCCCCCCCCCCCCCCCCCCC(=O)OC(CO)COCCCCCCCCCCCCCCCCCCC. The van der Waals surface area contributed by atoms with Crippen LogP contribution in [0.1, 0.15) is 251 Å². The second-order valence-electron chi connectivity index (χ2n) is 15.1. The molecule has 1 atom stereocenters. The lowest BCUT2D eigenvalue weighted by Gasteiger charge is -2.16. The van der Waals surface area contributed by atoms with Gasteiger partial charge in [0.1, 0.15) is 6.10 Å². The van der Waals surface area contributed by atoms with Crippen molar-refractivity contribution in [3.8, 4) is 0 Å². The topological polar surface area (TPSA) is 55.8 Å². The van der Waals surface area contributed by atoms with Crippen molar-refractivity contribution < 1.29 is 19.4 Å². The lowest BCUT2D eigenvalue weighted by molar-refractivity contribution is -0.154. The van der Waals surface area contributed by atoms with Crippen LogP contribution in [0.15, 0.2) is 0 Å². The lowest BCUT2D eigenvalue weighted by Crippen LogP contribution is -2.27. The van der Waals surface area contributed by atoms with Gasteiger partial charge in [-0.25, -0.2) is 0 Å². The van der Waals surface area contributed by atoms with Crippen molar-refractivity contribution in [1.82, 2.24) is 0 Å². The number of aliphatic hydroxyl groups excluding tert-OH is 1. The zero-order valence-corrected chi connectivity index (χ0v) is 33.0. The molecule has 1 unspecified atom stereocenters. The van der Waals surface area contributed by atoms with Crippen molar-refractivity contribution in [2.24, 2.45) is 0 Å². The maximum atomic E-state index is 12.2. The van der Waals surface area contributed by atoms with Gasteiger partial charge in [-0.15, -0.1) is 0 Å². The molecular formula is C44H88O4. The fourth-order valence-electron chi connectivity index (χ4n) is 6.86. The molecule has 0 aliphatic heterocycles. The van der Waals surface area contributed by atoms with Gasteiger partial charge >= 0.3 is 5.97 Å². The number of aliphatic hydroxyl groups is 1. The summed E-state index contributed by atoms with van der Waals surface area (Å²) in [6.45, 7) is 5.41. The van der Waals surface area contributed by atoms with Crippen LogP contribution in [-0.4, -0.2) is 37.0 Å². The highest BCUT2D eigenvalue weighted by Crippen LogP contribution is 2.16. The predicted octanol–water partition coefficient (Wildman–Crippen LogP) is 14.4. The largest absolute Gasteiger partial charge is 0.457 e. The summed E-state index contributed by atoms with van der Waals surface area (Å²) in [6.07, 6.45) is 48.8. The van der Waals surface area contributed by atoms with Crippen LogP contribution in [0.4, 0.5) is 0 Å². The van der Waals surface area contributed by atoms with E-state index in [0.29, 0.717) is 19.6 Å². The highest BCUT2D eigenvalue weighted by atomic mass is 16.6. The number of hydrogen-bond donors (Lipinski definition) is 1. The summed E-state index contributed by atoms with van der Waals surface area (Å²) in [4.78, 5) is 12.2. The first-order chi connectivity index (χ1) is 23.7. The highest BCUT2D eigenvalue weighted by Gasteiger charge is 2.13. The van der Waals surface area contributed by atoms with E-state index >= 15 is 0 Å². The number of ether oxygens (including phenoxy) is 2. The van der Waals surface area contributed by atoms with Gasteiger partial charge in [-0.3, -0.25) is 4.79 Å². The molecule has 0 aromatic carbocycles. The Hall–Kier alpha value is -0.610. The standard InChI is InChI=1S/C44H88O4/c1-3-5-7-9-11-13-15-17-19-21-22-23-25-27-29-31-33-35-37-39-44(46)48-43(41-45)42-47-40-38-36-34-32-30-28-26-24-20-18-16-14-12-10-8-6-4-2/h43,45H,3-42H2,1-2H3. The second-order valence-corrected chi connectivity index (χ2v) is 15.1. The molecule has 0 rings (SSSR count). The van der Waals surface area contributed by atoms with E-state index < -0.39 is 6.10 Å². The molecule has 0 saturated carbocycles. The van der Waals surface area contributed by atoms with Crippen LogP contribution in [0.5, 0.6) is 0 Å². The quantitative estimate of drug-likeness (QED) is 0.0515. The third-order valence-corrected chi connectivity index (χ3v) is 10.2. The van der Waals surface area contributed by atoms with Crippen molar-refractivity contribution in [3.05, 3.63) is 0 Å². The lowest BCUT2D eigenvalue weighted by atomic mass is 10.0. The summed E-state index contributed by atoms with van der Waals surface area (Å²) in [7, 11) is 0. The van der Waals surface area contributed by atoms with Crippen LogP contribution < -0.4 is 0 Å². The van der Waals surface area contributed by atoms with Gasteiger partial charge < -0.3 is 14.6 Å². The Labute approximate surface area is 302 Å². The molecule has 0 aliphatic carbocycles. The number of rotatable bonds is 42. The minimum atomic E-state index is -0.524. The van der Waals surface area contributed by atoms with E-state index in [1.54, 1.807) is 0 Å². The molecule has 4 heteroatoms. The van der Waals surface area contributed by atoms with Crippen molar-refractivity contribution >= 4 is 5.97 Å². The van der Waals surface area contributed by atoms with E-state index in [4.69, 9.17) is 9.47 Å². The van der Waals surface area contributed by atoms with Gasteiger partial charge in [0, 0.05) is 13.0 Å². The molecule has 0 bridgehead atoms. The Morgan fingerprint density at radius 3 is 0.979 bits per heavy atom. The first-order valence-corrected chi connectivity index (χ1v) is 22.1. The third-order valence-electron chi connectivity index (χ3n) is 10.2. The zero-order valence-electron chi connectivity index (χ0n) is 33.0. The molecular weight excluding hydrogens is 592 g/mol. The van der Waals surface area contributed by atoms with Crippen molar-refractivity contribution in [3.63, 3.8) is 0 Å². The molecule has 0 amide bonds. The van der Waals surface area contributed by atoms with E-state index in [1.165, 1.54) is 212 Å². The molecule has 1 N–H and O–H groups in total. The predicted molar refractivity (Wildman–Crippen MR) is 210 cm³/mol. The van der Waals surface area contributed by atoms with Crippen LogP contribution in [0.2, 0.25) is 0 Å². The van der Waals surface area contributed by atoms with Crippen molar-refractivity contribution in [2.45, 2.75) is 258 Å². The van der Waals surface area contributed by atoms with Gasteiger partial charge in [-0.05, 0) is 12.8 Å². The van der Waals surface area contributed by atoms with Gasteiger partial charge in [0.2, 0.25) is 0 Å². The van der Waals surface area contributed by atoms with Gasteiger partial charge in [0.15, 0.2) is 0 Å². The molecule has 0 fully saturated rings. The zero-order chi connectivity index (χ0) is 34.9. The summed E-state index contributed by atoms with van der Waals surface area (Å²) in [5.41, 5.74) is 0. The molecule has 48 heavy (non-hydrogen) atoms. The molecule has 0 aromatic rings. The Bertz CT molecular complexity index is 594. The van der Waals surface area contributed by atoms with Crippen LogP contribution in [0, 0.1) is 0 Å². The van der Waals surface area contributed by atoms with Crippen LogP contribution in [0.25, 0.3) is 0 Å². The van der Waals surface area contributed by atoms with Crippen molar-refractivity contribution in [1.29, 1.82) is 0 Å². The van der Waals surface area contributed by atoms with E-state index in [2.05, 4.69) is 13.8 Å². The Kier molecular flexibility index (Phi) is 42.0. The van der Waals surface area contributed by atoms with Crippen LogP contribution >= 0.6 is 0 Å². The number of carbonyl (C=O) groups is 1. The molecule has 0 aliphatic rings. The van der Waals surface area contributed by atoms with E-state index in [1.807, 2.05) is 0 Å². The smallest absolute Gasteiger partial charge is 0.306 e. The first-order valence-electron chi connectivity index (χ1n) is 22.1.